The van der Waals surface area contributed by atoms with Crippen molar-refractivity contribution in [3.05, 3.63) is 28.5 Å². The van der Waals surface area contributed by atoms with Crippen LogP contribution in [0.15, 0.2) is 12.1 Å². The van der Waals surface area contributed by atoms with Gasteiger partial charge in [-0.2, -0.15) is 0 Å². The average molecular weight is 218 g/mol. The molecule has 0 aliphatic heterocycles. The predicted molar refractivity (Wildman–Crippen MR) is 55.0 cm³/mol. The fourth-order valence-electron chi connectivity index (χ4n) is 1.21. The van der Waals surface area contributed by atoms with E-state index in [1.165, 1.54) is 6.07 Å². The number of nitrogens with two attached hydrogens (primary N) is 1. The van der Waals surface area contributed by atoms with Crippen LogP contribution in [0.25, 0.3) is 0 Å². The Hall–Kier alpha value is -0.800. The summed E-state index contributed by atoms with van der Waals surface area (Å²) >= 11 is 5.83. The molecule has 1 rings (SSSR count). The average Bonchev–Trinajstić information content (AvgIpc) is 2.04. The first-order chi connectivity index (χ1) is 6.31. The van der Waals surface area contributed by atoms with Crippen molar-refractivity contribution in [3.63, 3.8) is 0 Å². The molecule has 1 aromatic rings. The molecule has 3 N–H and O–H groups in total. The van der Waals surface area contributed by atoms with Crippen LogP contribution < -0.4 is 5.73 Å². The Morgan fingerprint density at radius 3 is 2.57 bits per heavy atom. The summed E-state index contributed by atoms with van der Waals surface area (Å²) in [6.07, 6.45) is 0.329. The topological polar surface area (TPSA) is 46.2 Å². The van der Waals surface area contributed by atoms with Crippen molar-refractivity contribution >= 4 is 11.6 Å². The highest BCUT2D eigenvalue weighted by Gasteiger charge is 2.19. The molecule has 0 amide bonds. The van der Waals surface area contributed by atoms with Crippen molar-refractivity contribution < 1.29 is 9.50 Å². The summed E-state index contributed by atoms with van der Waals surface area (Å²) in [5.74, 6) is -1.08. The van der Waals surface area contributed by atoms with Gasteiger partial charge in [-0.25, -0.2) is 4.39 Å². The van der Waals surface area contributed by atoms with Crippen LogP contribution in [0.2, 0.25) is 5.02 Å². The number of hydrogen-bond donors (Lipinski definition) is 2. The first kappa shape index (κ1) is 11.3. The minimum absolute atomic E-state index is 0.329. The number of aromatic hydroxyl groups is 1. The van der Waals surface area contributed by atoms with Gasteiger partial charge in [0.25, 0.3) is 0 Å². The van der Waals surface area contributed by atoms with Crippen molar-refractivity contribution in [2.45, 2.75) is 25.8 Å². The second-order valence-corrected chi connectivity index (χ2v) is 4.43. The highest BCUT2D eigenvalue weighted by Crippen LogP contribution is 2.30. The first-order valence-electron chi connectivity index (χ1n) is 4.26. The molecule has 0 aliphatic rings. The normalized spacial score (nSPS) is 11.8. The number of rotatable bonds is 2. The van der Waals surface area contributed by atoms with E-state index in [2.05, 4.69) is 0 Å². The van der Waals surface area contributed by atoms with Gasteiger partial charge in [0, 0.05) is 16.1 Å². The first-order valence-corrected chi connectivity index (χ1v) is 4.64. The van der Waals surface area contributed by atoms with E-state index in [9.17, 15) is 9.50 Å². The monoisotopic (exact) mass is 217 g/mol. The van der Waals surface area contributed by atoms with E-state index in [1.54, 1.807) is 13.8 Å². The quantitative estimate of drug-likeness (QED) is 0.800. The minimum Gasteiger partial charge on any atom is -0.505 e. The molecule has 1 aromatic carbocycles. The minimum atomic E-state index is -0.673. The van der Waals surface area contributed by atoms with Crippen LogP contribution in [-0.4, -0.2) is 10.6 Å². The molecule has 14 heavy (non-hydrogen) atoms. The molecule has 0 saturated carbocycles. The van der Waals surface area contributed by atoms with Gasteiger partial charge in [0.2, 0.25) is 0 Å². The third kappa shape index (κ3) is 2.59. The van der Waals surface area contributed by atoms with Crippen LogP contribution in [0, 0.1) is 5.82 Å². The molecule has 0 aliphatic carbocycles. The molecule has 78 valence electrons. The summed E-state index contributed by atoms with van der Waals surface area (Å²) in [4.78, 5) is 0. The zero-order valence-electron chi connectivity index (χ0n) is 8.14. The lowest BCUT2D eigenvalue weighted by Gasteiger charge is -2.20. The smallest absolute Gasteiger partial charge is 0.165 e. The van der Waals surface area contributed by atoms with Crippen LogP contribution in [0.3, 0.4) is 0 Å². The summed E-state index contributed by atoms with van der Waals surface area (Å²) in [7, 11) is 0. The van der Waals surface area contributed by atoms with Crippen molar-refractivity contribution in [2.24, 2.45) is 5.73 Å². The maximum absolute atomic E-state index is 13.0. The van der Waals surface area contributed by atoms with Gasteiger partial charge in [0.15, 0.2) is 11.6 Å². The SMILES string of the molecule is CC(C)(N)Cc1c(Cl)ccc(F)c1O. The predicted octanol–water partition coefficient (Wildman–Crippen LogP) is 2.46. The number of phenolic OH excluding ortho intramolecular Hbond substituents is 1. The van der Waals surface area contributed by atoms with Crippen LogP contribution in [0.1, 0.15) is 19.4 Å². The maximum atomic E-state index is 13.0. The summed E-state index contributed by atoms with van der Waals surface area (Å²) in [5.41, 5.74) is 5.59. The van der Waals surface area contributed by atoms with Crippen molar-refractivity contribution in [3.8, 4) is 5.75 Å². The van der Waals surface area contributed by atoms with Crippen LogP contribution in [0.5, 0.6) is 5.75 Å². The molecule has 0 heterocycles. The summed E-state index contributed by atoms with van der Waals surface area (Å²) in [5, 5.41) is 9.76. The van der Waals surface area contributed by atoms with Crippen LogP contribution in [-0.2, 0) is 6.42 Å². The van der Waals surface area contributed by atoms with Gasteiger partial charge in [0.05, 0.1) is 0 Å². The van der Waals surface area contributed by atoms with E-state index in [-0.39, 0.29) is 0 Å². The van der Waals surface area contributed by atoms with E-state index >= 15 is 0 Å². The van der Waals surface area contributed by atoms with Crippen molar-refractivity contribution in [2.75, 3.05) is 0 Å². The third-order valence-corrected chi connectivity index (χ3v) is 2.16. The number of phenols is 1. The fraction of sp³-hybridized carbons (Fsp3) is 0.400. The molecule has 2 nitrogen and oxygen atoms in total. The molecular formula is C10H13ClFNO. The Morgan fingerprint density at radius 1 is 1.50 bits per heavy atom. The van der Waals surface area contributed by atoms with Gasteiger partial charge in [-0.15, -0.1) is 0 Å². The summed E-state index contributed by atoms with van der Waals surface area (Å²) < 4.78 is 13.0. The molecule has 0 spiro atoms. The Kier molecular flexibility index (Phi) is 3.02. The van der Waals surface area contributed by atoms with E-state index in [0.717, 1.165) is 6.07 Å². The van der Waals surface area contributed by atoms with Crippen LogP contribution >= 0.6 is 11.6 Å². The maximum Gasteiger partial charge on any atom is 0.165 e. The zero-order valence-corrected chi connectivity index (χ0v) is 8.90. The van der Waals surface area contributed by atoms with Gasteiger partial charge >= 0.3 is 0 Å². The lowest BCUT2D eigenvalue weighted by molar-refractivity contribution is 0.415. The number of benzene rings is 1. The molecule has 0 saturated heterocycles. The molecular weight excluding hydrogens is 205 g/mol. The molecule has 0 fully saturated rings. The lowest BCUT2D eigenvalue weighted by atomic mass is 9.95. The largest absolute Gasteiger partial charge is 0.505 e. The number of halogens is 2. The molecule has 0 radical (unpaired) electrons. The Morgan fingerprint density at radius 2 is 2.07 bits per heavy atom. The molecule has 0 bridgehead atoms. The van der Waals surface area contributed by atoms with E-state index in [1.807, 2.05) is 0 Å². The Labute approximate surface area is 87.5 Å². The molecule has 4 heteroatoms. The van der Waals surface area contributed by atoms with Gasteiger partial charge in [-0.3, -0.25) is 0 Å². The summed E-state index contributed by atoms with van der Waals surface area (Å²) in [6.45, 7) is 3.57. The Balaban J connectivity index is 3.13. The van der Waals surface area contributed by atoms with Gasteiger partial charge in [-0.05, 0) is 32.4 Å². The second-order valence-electron chi connectivity index (χ2n) is 4.02. The van der Waals surface area contributed by atoms with Crippen molar-refractivity contribution in [1.82, 2.24) is 0 Å². The third-order valence-electron chi connectivity index (χ3n) is 1.81. The van der Waals surface area contributed by atoms with Gasteiger partial charge in [0.1, 0.15) is 0 Å². The zero-order chi connectivity index (χ0) is 10.9. The molecule has 0 unspecified atom stereocenters. The highest BCUT2D eigenvalue weighted by atomic mass is 35.5. The molecule has 0 aromatic heterocycles. The van der Waals surface area contributed by atoms with Crippen LogP contribution in [0.4, 0.5) is 4.39 Å². The highest BCUT2D eigenvalue weighted by molar-refractivity contribution is 6.31. The van der Waals surface area contributed by atoms with E-state index in [4.69, 9.17) is 17.3 Å². The fourth-order valence-corrected chi connectivity index (χ4v) is 1.43. The van der Waals surface area contributed by atoms with Crippen molar-refractivity contribution in [1.29, 1.82) is 0 Å². The standard InChI is InChI=1S/C10H13ClFNO/c1-10(2,13)5-6-7(11)3-4-8(12)9(6)14/h3-4,14H,5,13H2,1-2H3. The number of hydrogen-bond acceptors (Lipinski definition) is 2. The Bertz CT molecular complexity index is 347. The summed E-state index contributed by atoms with van der Waals surface area (Å²) in [6, 6.07) is 2.54. The lowest BCUT2D eigenvalue weighted by Crippen LogP contribution is -2.34. The van der Waals surface area contributed by atoms with Gasteiger partial charge in [-0.1, -0.05) is 11.6 Å². The molecule has 0 atom stereocenters. The van der Waals surface area contributed by atoms with E-state index in [0.29, 0.717) is 17.0 Å². The van der Waals surface area contributed by atoms with Gasteiger partial charge < -0.3 is 10.8 Å². The van der Waals surface area contributed by atoms with E-state index < -0.39 is 17.1 Å². The second kappa shape index (κ2) is 3.75.